The van der Waals surface area contributed by atoms with Crippen molar-refractivity contribution in [1.82, 2.24) is 20.4 Å². The smallest absolute Gasteiger partial charge is 0.198 e. The highest BCUT2D eigenvalue weighted by atomic mass is 35.5. The summed E-state index contributed by atoms with van der Waals surface area (Å²) in [5.41, 5.74) is 3.77. The zero-order chi connectivity index (χ0) is 21.2. The van der Waals surface area contributed by atoms with Crippen molar-refractivity contribution in [2.24, 2.45) is 4.99 Å². The number of rotatable bonds is 3. The van der Waals surface area contributed by atoms with Crippen molar-refractivity contribution in [1.29, 1.82) is 0 Å². The second-order valence-electron chi connectivity index (χ2n) is 8.01. The lowest BCUT2D eigenvalue weighted by Gasteiger charge is -2.32. The molecule has 31 heavy (non-hydrogen) atoms. The Kier molecular flexibility index (Phi) is 5.87. The molecule has 1 aromatic heterocycles. The van der Waals surface area contributed by atoms with Crippen LogP contribution in [-0.4, -0.2) is 53.8 Å². The average Bonchev–Trinajstić information content (AvgIpc) is 2.82. The summed E-state index contributed by atoms with van der Waals surface area (Å²) >= 11 is 12.8. The van der Waals surface area contributed by atoms with Crippen LogP contribution in [0.2, 0.25) is 10.0 Å². The molecule has 4 heterocycles. The number of nitrogens with zero attached hydrogens (tertiary/aromatic N) is 5. The van der Waals surface area contributed by atoms with Gasteiger partial charge in [0.1, 0.15) is 0 Å². The van der Waals surface area contributed by atoms with Gasteiger partial charge in [-0.1, -0.05) is 29.3 Å². The fraction of sp³-hybridized carbons (Fsp3) is 0.409. The van der Waals surface area contributed by atoms with Crippen molar-refractivity contribution in [3.05, 3.63) is 51.8 Å². The molecule has 2 aromatic rings. The Morgan fingerprint density at radius 1 is 1.00 bits per heavy atom. The summed E-state index contributed by atoms with van der Waals surface area (Å²) in [6.45, 7) is 4.96. The first-order valence-electron chi connectivity index (χ1n) is 10.7. The fourth-order valence-electron chi connectivity index (χ4n) is 4.23. The van der Waals surface area contributed by atoms with Crippen LogP contribution in [0.5, 0.6) is 0 Å². The van der Waals surface area contributed by atoms with Gasteiger partial charge in [-0.25, -0.2) is 4.99 Å². The zero-order valence-electron chi connectivity index (χ0n) is 17.2. The van der Waals surface area contributed by atoms with E-state index >= 15 is 0 Å². The standard InChI is InChI=1S/C22H25Cl2N7/c23-17-5-4-6-18(24)16(17)14-31-10-7-25-21-20(31)11-19(28-29-21)15-12-26-22(27-13-15)30-8-2-1-3-9-30/h4-6,11-12H,1-3,7-10,13-14H2,(H,25,29)(H,26,27). The first-order chi connectivity index (χ1) is 15.2. The molecule has 2 N–H and O–H groups in total. The minimum atomic E-state index is 0.593. The zero-order valence-corrected chi connectivity index (χ0v) is 18.8. The summed E-state index contributed by atoms with van der Waals surface area (Å²) in [5, 5.41) is 16.9. The Labute approximate surface area is 192 Å². The second-order valence-corrected chi connectivity index (χ2v) is 8.83. The molecule has 5 rings (SSSR count). The lowest BCUT2D eigenvalue weighted by atomic mass is 10.1. The molecule has 3 aliphatic heterocycles. The molecule has 0 amide bonds. The topological polar surface area (TPSA) is 68.7 Å². The van der Waals surface area contributed by atoms with E-state index in [0.29, 0.717) is 23.1 Å². The molecular weight excluding hydrogens is 433 g/mol. The number of hydrogen-bond donors (Lipinski definition) is 2. The van der Waals surface area contributed by atoms with Gasteiger partial charge < -0.3 is 20.4 Å². The van der Waals surface area contributed by atoms with Crippen molar-refractivity contribution in [3.8, 4) is 0 Å². The highest BCUT2D eigenvalue weighted by Gasteiger charge is 2.23. The van der Waals surface area contributed by atoms with Crippen LogP contribution < -0.4 is 15.5 Å². The summed E-state index contributed by atoms with van der Waals surface area (Å²) in [4.78, 5) is 9.34. The molecule has 0 atom stereocenters. The molecule has 162 valence electrons. The number of piperidine rings is 1. The number of nitrogens with one attached hydrogen (secondary N) is 2. The minimum Gasteiger partial charge on any atom is -0.365 e. The van der Waals surface area contributed by atoms with E-state index in [0.717, 1.165) is 60.5 Å². The Bertz CT molecular complexity index is 1010. The van der Waals surface area contributed by atoms with E-state index in [-0.39, 0.29) is 0 Å². The van der Waals surface area contributed by atoms with Gasteiger partial charge in [0, 0.05) is 60.1 Å². The van der Waals surface area contributed by atoms with E-state index in [4.69, 9.17) is 28.2 Å². The van der Waals surface area contributed by atoms with Gasteiger partial charge in [-0.05, 0) is 37.5 Å². The van der Waals surface area contributed by atoms with Crippen molar-refractivity contribution in [3.63, 3.8) is 0 Å². The summed E-state index contributed by atoms with van der Waals surface area (Å²) < 4.78 is 0. The summed E-state index contributed by atoms with van der Waals surface area (Å²) in [6, 6.07) is 7.69. The van der Waals surface area contributed by atoms with E-state index in [9.17, 15) is 0 Å². The molecule has 1 saturated heterocycles. The molecule has 0 saturated carbocycles. The molecule has 7 nitrogen and oxygen atoms in total. The molecule has 0 spiro atoms. The molecule has 0 aliphatic carbocycles. The first kappa shape index (κ1) is 20.4. The summed E-state index contributed by atoms with van der Waals surface area (Å²) in [6.07, 6.45) is 5.77. The highest BCUT2D eigenvalue weighted by Crippen LogP contribution is 2.33. The maximum absolute atomic E-state index is 6.42. The van der Waals surface area contributed by atoms with E-state index in [1.807, 2.05) is 24.4 Å². The first-order valence-corrected chi connectivity index (χ1v) is 11.5. The van der Waals surface area contributed by atoms with Crippen LogP contribution >= 0.6 is 23.2 Å². The largest absolute Gasteiger partial charge is 0.365 e. The summed E-state index contributed by atoms with van der Waals surface area (Å²) in [5.74, 6) is 1.74. The van der Waals surface area contributed by atoms with Gasteiger partial charge in [0.05, 0.1) is 17.9 Å². The molecule has 9 heteroatoms. The van der Waals surface area contributed by atoms with Crippen LogP contribution in [0.25, 0.3) is 5.57 Å². The molecule has 1 aromatic carbocycles. The molecule has 0 unspecified atom stereocenters. The molecule has 0 radical (unpaired) electrons. The number of aliphatic imine (C=N–C) groups is 1. The van der Waals surface area contributed by atoms with Crippen LogP contribution in [0, 0.1) is 0 Å². The predicted octanol–water partition coefficient (Wildman–Crippen LogP) is 4.00. The van der Waals surface area contributed by atoms with Gasteiger partial charge >= 0.3 is 0 Å². The number of likely N-dealkylation sites (tertiary alicyclic amines) is 1. The third-order valence-corrected chi connectivity index (χ3v) is 6.67. The van der Waals surface area contributed by atoms with Gasteiger partial charge in [-0.15, -0.1) is 10.2 Å². The normalized spacial score (nSPS) is 18.5. The molecule has 1 fully saturated rings. The molecular formula is C22H25Cl2N7. The van der Waals surface area contributed by atoms with Crippen LogP contribution in [0.1, 0.15) is 30.5 Å². The molecule has 0 bridgehead atoms. The Morgan fingerprint density at radius 3 is 2.55 bits per heavy atom. The maximum Gasteiger partial charge on any atom is 0.198 e. The summed E-state index contributed by atoms with van der Waals surface area (Å²) in [7, 11) is 0. The van der Waals surface area contributed by atoms with Gasteiger partial charge in [-0.2, -0.15) is 0 Å². The highest BCUT2D eigenvalue weighted by molar-refractivity contribution is 6.36. The molecule has 3 aliphatic rings. The minimum absolute atomic E-state index is 0.593. The van der Waals surface area contributed by atoms with Gasteiger partial charge in [-0.3, -0.25) is 0 Å². The maximum atomic E-state index is 6.42. The Balaban J connectivity index is 1.36. The van der Waals surface area contributed by atoms with E-state index in [1.165, 1.54) is 19.3 Å². The van der Waals surface area contributed by atoms with Crippen LogP contribution in [0.4, 0.5) is 11.5 Å². The van der Waals surface area contributed by atoms with Crippen molar-refractivity contribution >= 4 is 46.2 Å². The average molecular weight is 458 g/mol. The third-order valence-electron chi connectivity index (χ3n) is 5.96. The van der Waals surface area contributed by atoms with Crippen LogP contribution in [-0.2, 0) is 6.54 Å². The van der Waals surface area contributed by atoms with Gasteiger partial charge in [0.15, 0.2) is 11.8 Å². The van der Waals surface area contributed by atoms with Crippen molar-refractivity contribution in [2.45, 2.75) is 25.8 Å². The number of hydrogen-bond acceptors (Lipinski definition) is 7. The van der Waals surface area contributed by atoms with E-state index in [2.05, 4.69) is 36.7 Å². The number of fused-ring (bicyclic) bond motifs is 1. The van der Waals surface area contributed by atoms with Crippen LogP contribution in [0.3, 0.4) is 0 Å². The lowest BCUT2D eigenvalue weighted by Crippen LogP contribution is -2.43. The van der Waals surface area contributed by atoms with Crippen molar-refractivity contribution in [2.75, 3.05) is 42.9 Å². The number of halogens is 2. The predicted molar refractivity (Wildman–Crippen MR) is 127 cm³/mol. The number of anilines is 2. The van der Waals surface area contributed by atoms with Gasteiger partial charge in [0.2, 0.25) is 0 Å². The number of guanidine groups is 1. The number of aromatic nitrogens is 2. The van der Waals surface area contributed by atoms with Crippen molar-refractivity contribution < 1.29 is 0 Å². The second kappa shape index (κ2) is 8.93. The monoisotopic (exact) mass is 457 g/mol. The van der Waals surface area contributed by atoms with Gasteiger partial charge in [0.25, 0.3) is 0 Å². The number of benzene rings is 1. The fourth-order valence-corrected chi connectivity index (χ4v) is 4.75. The Morgan fingerprint density at radius 2 is 1.81 bits per heavy atom. The SMILES string of the molecule is Clc1cccc(Cl)c1CN1CCNc2nnc(C3=CNC(N4CCCCC4)=NC3)cc21. The third kappa shape index (κ3) is 4.29. The Hall–Kier alpha value is -2.51. The van der Waals surface area contributed by atoms with E-state index in [1.54, 1.807) is 0 Å². The van der Waals surface area contributed by atoms with Crippen LogP contribution in [0.15, 0.2) is 35.5 Å². The quantitative estimate of drug-likeness (QED) is 0.725. The lowest BCUT2D eigenvalue weighted by molar-refractivity contribution is 0.334. The van der Waals surface area contributed by atoms with E-state index < -0.39 is 0 Å².